The lowest BCUT2D eigenvalue weighted by molar-refractivity contribution is -0.107. The Morgan fingerprint density at radius 2 is 1.77 bits per heavy atom. The SMILES string of the molecule is CC(C)c1c(CCC=O)c(-c2ccccc2)c2c3ccccc3cnn12. The second-order valence-corrected chi connectivity index (χ2v) is 6.96. The highest BCUT2D eigenvalue weighted by atomic mass is 16.1. The standard InChI is InChI=1S/C23H22N2O/c1-16(2)22-20(13-8-14-26)21(17-9-4-3-5-10-17)23-19-12-7-6-11-18(19)15-24-25(22)23/h3-7,9-12,14-16H,8,13H2,1-2H3. The van der Waals surface area contributed by atoms with Gasteiger partial charge in [-0.3, -0.25) is 0 Å². The molecule has 0 saturated carbocycles. The molecule has 0 radical (unpaired) electrons. The van der Waals surface area contributed by atoms with Gasteiger partial charge >= 0.3 is 0 Å². The summed E-state index contributed by atoms with van der Waals surface area (Å²) in [5.41, 5.74) is 5.96. The molecular weight excluding hydrogens is 320 g/mol. The Labute approximate surface area is 153 Å². The van der Waals surface area contributed by atoms with Gasteiger partial charge in [0.1, 0.15) is 6.29 Å². The monoisotopic (exact) mass is 342 g/mol. The van der Waals surface area contributed by atoms with Crippen LogP contribution in [0.2, 0.25) is 0 Å². The van der Waals surface area contributed by atoms with Crippen molar-refractivity contribution in [3.8, 4) is 11.1 Å². The summed E-state index contributed by atoms with van der Waals surface area (Å²) in [5.74, 6) is 0.315. The Kier molecular flexibility index (Phi) is 4.29. The normalized spacial score (nSPS) is 11.5. The van der Waals surface area contributed by atoms with Gasteiger partial charge in [-0.2, -0.15) is 5.10 Å². The molecular formula is C23H22N2O. The highest BCUT2D eigenvalue weighted by molar-refractivity contribution is 6.04. The molecule has 4 rings (SSSR count). The van der Waals surface area contributed by atoms with Crippen LogP contribution in [0.5, 0.6) is 0 Å². The number of hydrogen-bond acceptors (Lipinski definition) is 2. The number of hydrogen-bond donors (Lipinski definition) is 0. The molecule has 2 aromatic carbocycles. The van der Waals surface area contributed by atoms with Crippen LogP contribution >= 0.6 is 0 Å². The molecule has 0 fully saturated rings. The van der Waals surface area contributed by atoms with E-state index in [9.17, 15) is 4.79 Å². The Morgan fingerprint density at radius 3 is 2.50 bits per heavy atom. The van der Waals surface area contributed by atoms with Crippen LogP contribution in [-0.4, -0.2) is 15.9 Å². The van der Waals surface area contributed by atoms with Crippen molar-refractivity contribution in [2.45, 2.75) is 32.6 Å². The smallest absolute Gasteiger partial charge is 0.120 e. The molecule has 4 aromatic rings. The summed E-state index contributed by atoms with van der Waals surface area (Å²) in [5, 5.41) is 7.10. The van der Waals surface area contributed by atoms with E-state index in [1.165, 1.54) is 27.8 Å². The van der Waals surface area contributed by atoms with E-state index in [1.807, 2.05) is 18.3 Å². The molecule has 0 aliphatic carbocycles. The maximum absolute atomic E-state index is 11.1. The van der Waals surface area contributed by atoms with Crippen molar-refractivity contribution in [1.82, 2.24) is 9.61 Å². The summed E-state index contributed by atoms with van der Waals surface area (Å²) in [7, 11) is 0. The zero-order chi connectivity index (χ0) is 18.1. The second-order valence-electron chi connectivity index (χ2n) is 6.96. The summed E-state index contributed by atoms with van der Waals surface area (Å²) in [6.07, 6.45) is 4.20. The molecule has 26 heavy (non-hydrogen) atoms. The third kappa shape index (κ3) is 2.60. The van der Waals surface area contributed by atoms with E-state index in [-0.39, 0.29) is 0 Å². The van der Waals surface area contributed by atoms with Crippen LogP contribution in [0.25, 0.3) is 27.4 Å². The first-order chi connectivity index (χ1) is 12.7. The minimum atomic E-state index is 0.315. The summed E-state index contributed by atoms with van der Waals surface area (Å²) < 4.78 is 2.09. The van der Waals surface area contributed by atoms with Gasteiger partial charge in [0.05, 0.1) is 11.7 Å². The van der Waals surface area contributed by atoms with Crippen molar-refractivity contribution in [3.63, 3.8) is 0 Å². The van der Waals surface area contributed by atoms with Crippen LogP contribution in [0.1, 0.15) is 37.4 Å². The molecule has 130 valence electrons. The molecule has 2 aromatic heterocycles. The van der Waals surface area contributed by atoms with Crippen LogP contribution in [0, 0.1) is 0 Å². The largest absolute Gasteiger partial charge is 0.303 e. The lowest BCUT2D eigenvalue weighted by Crippen LogP contribution is -2.02. The Hall–Kier alpha value is -2.94. The van der Waals surface area contributed by atoms with Crippen LogP contribution in [0.4, 0.5) is 0 Å². The molecule has 0 unspecified atom stereocenters. The fraction of sp³-hybridized carbons (Fsp3) is 0.217. The number of rotatable bonds is 5. The first-order valence-electron chi connectivity index (χ1n) is 9.12. The van der Waals surface area contributed by atoms with Gasteiger partial charge in [0.25, 0.3) is 0 Å². The van der Waals surface area contributed by atoms with Gasteiger partial charge in [-0.05, 0) is 23.5 Å². The van der Waals surface area contributed by atoms with E-state index in [2.05, 4.69) is 60.8 Å². The van der Waals surface area contributed by atoms with E-state index in [4.69, 9.17) is 5.10 Å². The molecule has 0 aliphatic rings. The van der Waals surface area contributed by atoms with Crippen LogP contribution in [0.3, 0.4) is 0 Å². The minimum Gasteiger partial charge on any atom is -0.303 e. The molecule has 3 nitrogen and oxygen atoms in total. The number of benzene rings is 2. The number of carbonyl (C=O) groups excluding carboxylic acids is 1. The van der Waals surface area contributed by atoms with E-state index in [1.54, 1.807) is 0 Å². The summed E-state index contributed by atoms with van der Waals surface area (Å²) in [6, 6.07) is 18.8. The third-order valence-electron chi connectivity index (χ3n) is 4.94. The fourth-order valence-electron chi connectivity index (χ4n) is 3.90. The predicted octanol–water partition coefficient (Wildman–Crippen LogP) is 5.41. The van der Waals surface area contributed by atoms with Gasteiger partial charge in [-0.1, -0.05) is 68.4 Å². The number of aromatic nitrogens is 2. The summed E-state index contributed by atoms with van der Waals surface area (Å²) in [4.78, 5) is 11.1. The minimum absolute atomic E-state index is 0.315. The quantitative estimate of drug-likeness (QED) is 0.455. The second kappa shape index (κ2) is 6.75. The van der Waals surface area contributed by atoms with Crippen molar-refractivity contribution in [2.24, 2.45) is 0 Å². The molecule has 0 saturated heterocycles. The van der Waals surface area contributed by atoms with Crippen molar-refractivity contribution >= 4 is 22.6 Å². The highest BCUT2D eigenvalue weighted by Gasteiger charge is 2.23. The van der Waals surface area contributed by atoms with Gasteiger partial charge < -0.3 is 4.79 Å². The lowest BCUT2D eigenvalue weighted by atomic mass is 9.94. The Bertz CT molecular complexity index is 1080. The zero-order valence-corrected chi connectivity index (χ0v) is 15.1. The Morgan fingerprint density at radius 1 is 1.04 bits per heavy atom. The first kappa shape index (κ1) is 16.5. The summed E-state index contributed by atoms with van der Waals surface area (Å²) in [6.45, 7) is 4.38. The number of carbonyl (C=O) groups is 1. The molecule has 0 aliphatic heterocycles. The first-order valence-corrected chi connectivity index (χ1v) is 9.12. The predicted molar refractivity (Wildman–Crippen MR) is 107 cm³/mol. The average molecular weight is 342 g/mol. The molecule has 0 bridgehead atoms. The van der Waals surface area contributed by atoms with Gasteiger partial charge in [0.15, 0.2) is 0 Å². The third-order valence-corrected chi connectivity index (χ3v) is 4.94. The average Bonchev–Trinajstić information content (AvgIpc) is 3.01. The van der Waals surface area contributed by atoms with Crippen molar-refractivity contribution < 1.29 is 4.79 Å². The number of fused-ring (bicyclic) bond motifs is 3. The fourth-order valence-corrected chi connectivity index (χ4v) is 3.90. The van der Waals surface area contributed by atoms with Gasteiger partial charge in [0, 0.05) is 28.5 Å². The van der Waals surface area contributed by atoms with E-state index < -0.39 is 0 Å². The van der Waals surface area contributed by atoms with Gasteiger partial charge in [-0.15, -0.1) is 0 Å². The molecule has 0 amide bonds. The lowest BCUT2D eigenvalue weighted by Gasteiger charge is -2.09. The van der Waals surface area contributed by atoms with Crippen LogP contribution in [0.15, 0.2) is 60.8 Å². The van der Waals surface area contributed by atoms with Crippen LogP contribution in [-0.2, 0) is 11.2 Å². The molecule has 0 atom stereocenters. The zero-order valence-electron chi connectivity index (χ0n) is 15.1. The number of aldehydes is 1. The summed E-state index contributed by atoms with van der Waals surface area (Å²) >= 11 is 0. The van der Waals surface area contributed by atoms with E-state index in [0.29, 0.717) is 12.3 Å². The molecule has 2 heterocycles. The van der Waals surface area contributed by atoms with Crippen molar-refractivity contribution in [2.75, 3.05) is 0 Å². The molecule has 0 spiro atoms. The van der Waals surface area contributed by atoms with Gasteiger partial charge in [-0.25, -0.2) is 4.52 Å². The topological polar surface area (TPSA) is 34.4 Å². The van der Waals surface area contributed by atoms with Crippen molar-refractivity contribution in [1.29, 1.82) is 0 Å². The highest BCUT2D eigenvalue weighted by Crippen LogP contribution is 2.39. The molecule has 3 heteroatoms. The maximum atomic E-state index is 11.1. The van der Waals surface area contributed by atoms with Gasteiger partial charge in [0.2, 0.25) is 0 Å². The van der Waals surface area contributed by atoms with E-state index in [0.717, 1.165) is 23.6 Å². The van der Waals surface area contributed by atoms with Crippen molar-refractivity contribution in [3.05, 3.63) is 72.1 Å². The number of nitrogens with zero attached hydrogens (tertiary/aromatic N) is 2. The molecule has 0 N–H and O–H groups in total. The Balaban J connectivity index is 2.19. The maximum Gasteiger partial charge on any atom is 0.120 e. The van der Waals surface area contributed by atoms with E-state index >= 15 is 0 Å². The van der Waals surface area contributed by atoms with Crippen LogP contribution < -0.4 is 0 Å².